The number of benzene rings is 1. The zero-order valence-corrected chi connectivity index (χ0v) is 13.4. The van der Waals surface area contributed by atoms with Crippen LogP contribution in [0.25, 0.3) is 0 Å². The van der Waals surface area contributed by atoms with Crippen molar-refractivity contribution in [1.82, 2.24) is 5.32 Å². The molecule has 0 unspecified atom stereocenters. The molecular weight excluding hydrogens is 310 g/mol. The van der Waals surface area contributed by atoms with Gasteiger partial charge in [-0.3, -0.25) is 4.79 Å². The van der Waals surface area contributed by atoms with Crippen LogP contribution in [0.1, 0.15) is 32.1 Å². The SMILES string of the molecule is O=C(CCS(=O)(=O)c1ccccc1Cl)NCC1CCCC1. The molecule has 116 valence electrons. The molecule has 0 aliphatic heterocycles. The van der Waals surface area contributed by atoms with Gasteiger partial charge in [0.2, 0.25) is 5.91 Å². The summed E-state index contributed by atoms with van der Waals surface area (Å²) in [6.45, 7) is 0.658. The van der Waals surface area contributed by atoms with E-state index in [-0.39, 0.29) is 28.0 Å². The zero-order valence-electron chi connectivity index (χ0n) is 11.8. The smallest absolute Gasteiger partial charge is 0.221 e. The number of carbonyl (C=O) groups is 1. The molecule has 0 spiro atoms. The van der Waals surface area contributed by atoms with Crippen molar-refractivity contribution in [3.05, 3.63) is 29.3 Å². The van der Waals surface area contributed by atoms with Crippen LogP contribution < -0.4 is 5.32 Å². The lowest BCUT2D eigenvalue weighted by atomic mass is 10.1. The van der Waals surface area contributed by atoms with Crippen molar-refractivity contribution in [2.24, 2.45) is 5.92 Å². The van der Waals surface area contributed by atoms with Gasteiger partial charge in [0.1, 0.15) is 0 Å². The number of rotatable bonds is 6. The molecule has 1 saturated carbocycles. The highest BCUT2D eigenvalue weighted by Gasteiger charge is 2.20. The standard InChI is InChI=1S/C15H20ClNO3S/c16-13-7-3-4-8-14(13)21(19,20)10-9-15(18)17-11-12-5-1-2-6-12/h3-4,7-8,12H,1-2,5-6,9-11H2,(H,17,18). The minimum atomic E-state index is -3.52. The van der Waals surface area contributed by atoms with Gasteiger partial charge in [-0.05, 0) is 30.9 Å². The van der Waals surface area contributed by atoms with Crippen molar-refractivity contribution >= 4 is 27.3 Å². The summed E-state index contributed by atoms with van der Waals surface area (Å²) >= 11 is 5.89. The van der Waals surface area contributed by atoms with Crippen LogP contribution in [0.3, 0.4) is 0 Å². The largest absolute Gasteiger partial charge is 0.356 e. The van der Waals surface area contributed by atoms with Crippen molar-refractivity contribution in [3.8, 4) is 0 Å². The van der Waals surface area contributed by atoms with Gasteiger partial charge >= 0.3 is 0 Å². The van der Waals surface area contributed by atoms with Crippen LogP contribution in [-0.4, -0.2) is 26.6 Å². The maximum Gasteiger partial charge on any atom is 0.221 e. The number of halogens is 1. The molecule has 1 fully saturated rings. The fraction of sp³-hybridized carbons (Fsp3) is 0.533. The Morgan fingerprint density at radius 1 is 1.24 bits per heavy atom. The van der Waals surface area contributed by atoms with Crippen molar-refractivity contribution < 1.29 is 13.2 Å². The lowest BCUT2D eigenvalue weighted by Gasteiger charge is -2.11. The molecule has 0 bridgehead atoms. The molecule has 6 heteroatoms. The third-order valence-corrected chi connectivity index (χ3v) is 6.04. The van der Waals surface area contributed by atoms with Crippen LogP contribution in [0.5, 0.6) is 0 Å². The van der Waals surface area contributed by atoms with E-state index in [1.165, 1.54) is 25.0 Å². The van der Waals surface area contributed by atoms with Crippen molar-refractivity contribution in [3.63, 3.8) is 0 Å². The summed E-state index contributed by atoms with van der Waals surface area (Å²) in [5, 5.41) is 3.02. The maximum atomic E-state index is 12.2. The van der Waals surface area contributed by atoms with Crippen LogP contribution in [0.4, 0.5) is 0 Å². The van der Waals surface area contributed by atoms with Crippen LogP contribution >= 0.6 is 11.6 Å². The Balaban J connectivity index is 1.84. The predicted octanol–water partition coefficient (Wildman–Crippen LogP) is 2.81. The fourth-order valence-electron chi connectivity index (χ4n) is 2.60. The van der Waals surface area contributed by atoms with Gasteiger partial charge in [-0.2, -0.15) is 0 Å². The van der Waals surface area contributed by atoms with Crippen LogP contribution in [-0.2, 0) is 14.6 Å². The molecule has 0 atom stereocenters. The first-order valence-corrected chi connectivity index (χ1v) is 9.26. The molecule has 1 amide bonds. The summed E-state index contributed by atoms with van der Waals surface area (Å²) in [7, 11) is -3.52. The monoisotopic (exact) mass is 329 g/mol. The van der Waals surface area contributed by atoms with E-state index in [4.69, 9.17) is 11.6 Å². The van der Waals surface area contributed by atoms with Gasteiger partial charge in [0, 0.05) is 13.0 Å². The predicted molar refractivity (Wildman–Crippen MR) is 83.1 cm³/mol. The lowest BCUT2D eigenvalue weighted by Crippen LogP contribution is -2.29. The van der Waals surface area contributed by atoms with Crippen LogP contribution in [0.2, 0.25) is 5.02 Å². The second kappa shape index (κ2) is 7.27. The Labute approximate surface area is 130 Å². The Bertz CT molecular complexity index is 595. The summed E-state index contributed by atoms with van der Waals surface area (Å²) in [6.07, 6.45) is 4.72. The minimum Gasteiger partial charge on any atom is -0.356 e. The Morgan fingerprint density at radius 3 is 2.57 bits per heavy atom. The van der Waals surface area contributed by atoms with Crippen LogP contribution in [0, 0.1) is 5.92 Å². The van der Waals surface area contributed by atoms with Gasteiger partial charge in [-0.1, -0.05) is 36.6 Å². The minimum absolute atomic E-state index is 0.0275. The molecule has 1 aromatic carbocycles. The highest BCUT2D eigenvalue weighted by atomic mass is 35.5. The average molecular weight is 330 g/mol. The van der Waals surface area contributed by atoms with E-state index in [2.05, 4.69) is 5.32 Å². The van der Waals surface area contributed by atoms with E-state index in [0.29, 0.717) is 12.5 Å². The van der Waals surface area contributed by atoms with E-state index >= 15 is 0 Å². The first kappa shape index (κ1) is 16.3. The first-order chi connectivity index (χ1) is 9.99. The molecule has 0 heterocycles. The molecule has 1 aliphatic carbocycles. The molecule has 1 N–H and O–H groups in total. The third kappa shape index (κ3) is 4.71. The number of hydrogen-bond acceptors (Lipinski definition) is 3. The topological polar surface area (TPSA) is 63.2 Å². The number of carbonyl (C=O) groups excluding carboxylic acids is 1. The quantitative estimate of drug-likeness (QED) is 0.872. The number of sulfone groups is 1. The first-order valence-electron chi connectivity index (χ1n) is 7.23. The lowest BCUT2D eigenvalue weighted by molar-refractivity contribution is -0.120. The molecule has 0 aromatic heterocycles. The van der Waals surface area contributed by atoms with E-state index in [1.807, 2.05) is 0 Å². The molecular formula is C15H20ClNO3S. The van der Waals surface area contributed by atoms with Gasteiger partial charge in [0.25, 0.3) is 0 Å². The summed E-state index contributed by atoms with van der Waals surface area (Å²) in [6, 6.07) is 6.30. The van der Waals surface area contributed by atoms with Crippen molar-refractivity contribution in [2.75, 3.05) is 12.3 Å². The van der Waals surface area contributed by atoms with Gasteiger partial charge in [0.15, 0.2) is 9.84 Å². The molecule has 1 aromatic rings. The summed E-state index contributed by atoms with van der Waals surface area (Å²) < 4.78 is 24.3. The summed E-state index contributed by atoms with van der Waals surface area (Å²) in [5.74, 6) is 0.124. The Morgan fingerprint density at radius 2 is 1.90 bits per heavy atom. The van der Waals surface area contributed by atoms with Crippen LogP contribution in [0.15, 0.2) is 29.2 Å². The second-order valence-electron chi connectivity index (χ2n) is 5.45. The maximum absolute atomic E-state index is 12.2. The van der Waals surface area contributed by atoms with Gasteiger partial charge in [0.05, 0.1) is 15.7 Å². The van der Waals surface area contributed by atoms with Gasteiger partial charge < -0.3 is 5.32 Å². The number of amides is 1. The van der Waals surface area contributed by atoms with E-state index in [1.54, 1.807) is 12.1 Å². The molecule has 4 nitrogen and oxygen atoms in total. The third-order valence-electron chi connectivity index (χ3n) is 3.83. The highest BCUT2D eigenvalue weighted by Crippen LogP contribution is 2.24. The normalized spacial score (nSPS) is 16.0. The number of hydrogen-bond donors (Lipinski definition) is 1. The zero-order chi connectivity index (χ0) is 15.3. The molecule has 0 saturated heterocycles. The average Bonchev–Trinajstić information content (AvgIpc) is 2.96. The van der Waals surface area contributed by atoms with Crippen molar-refractivity contribution in [1.29, 1.82) is 0 Å². The van der Waals surface area contributed by atoms with E-state index < -0.39 is 9.84 Å². The Hall–Kier alpha value is -1.07. The Kier molecular flexibility index (Phi) is 5.65. The van der Waals surface area contributed by atoms with E-state index in [0.717, 1.165) is 12.8 Å². The molecule has 0 radical (unpaired) electrons. The van der Waals surface area contributed by atoms with Gasteiger partial charge in [-0.15, -0.1) is 0 Å². The van der Waals surface area contributed by atoms with Crippen molar-refractivity contribution in [2.45, 2.75) is 37.0 Å². The summed E-state index contributed by atoms with van der Waals surface area (Å²) in [5.41, 5.74) is 0. The fourth-order valence-corrected chi connectivity index (χ4v) is 4.41. The van der Waals surface area contributed by atoms with Gasteiger partial charge in [-0.25, -0.2) is 8.42 Å². The molecule has 21 heavy (non-hydrogen) atoms. The second-order valence-corrected chi connectivity index (χ2v) is 7.94. The van der Waals surface area contributed by atoms with E-state index in [9.17, 15) is 13.2 Å². The highest BCUT2D eigenvalue weighted by molar-refractivity contribution is 7.91. The summed E-state index contributed by atoms with van der Waals surface area (Å²) in [4.78, 5) is 11.8. The number of nitrogens with one attached hydrogen (secondary N) is 1. The molecule has 2 rings (SSSR count). The molecule has 1 aliphatic rings.